The molecule has 3 aliphatic rings. The predicted molar refractivity (Wildman–Crippen MR) is 80.2 cm³/mol. The number of piperidine rings is 1. The van der Waals surface area contributed by atoms with E-state index in [1.54, 1.807) is 0 Å². The Kier molecular flexibility index (Phi) is 4.61. The number of carbonyl (C=O) groups is 1. The Bertz CT molecular complexity index is 339. The quantitative estimate of drug-likeness (QED) is 0.747. The first kappa shape index (κ1) is 14.3. The Morgan fingerprint density at radius 3 is 2.60 bits per heavy atom. The zero-order chi connectivity index (χ0) is 13.9. The van der Waals surface area contributed by atoms with E-state index >= 15 is 0 Å². The minimum Gasteiger partial charge on any atom is -0.356 e. The molecule has 1 heterocycles. The van der Waals surface area contributed by atoms with Crippen molar-refractivity contribution in [3.63, 3.8) is 0 Å². The first-order valence-electron chi connectivity index (χ1n) is 8.51. The summed E-state index contributed by atoms with van der Waals surface area (Å²) in [4.78, 5) is 14.8. The molecule has 2 bridgehead atoms. The van der Waals surface area contributed by atoms with Crippen molar-refractivity contribution in [2.75, 3.05) is 26.2 Å². The molecule has 114 valence electrons. The largest absolute Gasteiger partial charge is 0.356 e. The smallest absolute Gasteiger partial charge is 0.224 e. The molecule has 1 amide bonds. The zero-order valence-electron chi connectivity index (χ0n) is 12.5. The summed E-state index contributed by atoms with van der Waals surface area (Å²) in [5, 5.41) is 3.13. The van der Waals surface area contributed by atoms with Crippen LogP contribution in [0.15, 0.2) is 0 Å². The molecule has 4 nitrogen and oxygen atoms in total. The average Bonchev–Trinajstić information content (AvgIpc) is 3.05. The lowest BCUT2D eigenvalue weighted by Gasteiger charge is -2.28. The van der Waals surface area contributed by atoms with Crippen molar-refractivity contribution in [3.8, 4) is 0 Å². The molecule has 4 atom stereocenters. The van der Waals surface area contributed by atoms with E-state index in [4.69, 9.17) is 5.73 Å². The molecule has 0 aromatic heterocycles. The molecule has 1 saturated heterocycles. The van der Waals surface area contributed by atoms with Gasteiger partial charge in [0.15, 0.2) is 0 Å². The number of likely N-dealkylation sites (tertiary alicyclic amines) is 1. The highest BCUT2D eigenvalue weighted by molar-refractivity contribution is 5.80. The number of nitrogens with two attached hydrogens (primary N) is 1. The van der Waals surface area contributed by atoms with Crippen molar-refractivity contribution in [2.24, 2.45) is 23.5 Å². The summed E-state index contributed by atoms with van der Waals surface area (Å²) in [7, 11) is 0. The fraction of sp³-hybridized carbons (Fsp3) is 0.938. The topological polar surface area (TPSA) is 58.4 Å². The maximum Gasteiger partial charge on any atom is 0.224 e. The Morgan fingerprint density at radius 1 is 1.15 bits per heavy atom. The van der Waals surface area contributed by atoms with E-state index < -0.39 is 0 Å². The number of nitrogens with one attached hydrogen (secondary N) is 1. The van der Waals surface area contributed by atoms with Crippen LogP contribution in [0.2, 0.25) is 0 Å². The van der Waals surface area contributed by atoms with Gasteiger partial charge in [0.25, 0.3) is 0 Å². The fourth-order valence-corrected chi connectivity index (χ4v) is 4.54. The van der Waals surface area contributed by atoms with Crippen LogP contribution in [0.5, 0.6) is 0 Å². The van der Waals surface area contributed by atoms with Crippen molar-refractivity contribution in [2.45, 2.75) is 51.0 Å². The third-order valence-electron chi connectivity index (χ3n) is 5.68. The maximum atomic E-state index is 12.3. The second-order valence-corrected chi connectivity index (χ2v) is 6.98. The Balaban J connectivity index is 1.35. The first-order valence-corrected chi connectivity index (χ1v) is 8.51. The number of rotatable bonds is 5. The second kappa shape index (κ2) is 6.44. The molecule has 2 saturated carbocycles. The van der Waals surface area contributed by atoms with Gasteiger partial charge in [-0.1, -0.05) is 6.42 Å². The summed E-state index contributed by atoms with van der Waals surface area (Å²) in [6.07, 6.45) is 8.78. The molecular formula is C16H29N3O. The van der Waals surface area contributed by atoms with E-state index in [1.807, 2.05) is 0 Å². The van der Waals surface area contributed by atoms with Crippen LogP contribution in [0.1, 0.15) is 44.9 Å². The van der Waals surface area contributed by atoms with Gasteiger partial charge in [0, 0.05) is 12.6 Å². The number of fused-ring (bicyclic) bond motifs is 2. The highest BCUT2D eigenvalue weighted by Gasteiger charge is 2.48. The highest BCUT2D eigenvalue weighted by Crippen LogP contribution is 2.47. The van der Waals surface area contributed by atoms with Crippen molar-refractivity contribution >= 4 is 5.91 Å². The summed E-state index contributed by atoms with van der Waals surface area (Å²) in [5.41, 5.74) is 6.22. The fourth-order valence-electron chi connectivity index (χ4n) is 4.54. The van der Waals surface area contributed by atoms with Crippen molar-refractivity contribution in [1.29, 1.82) is 0 Å². The third-order valence-corrected chi connectivity index (χ3v) is 5.68. The first-order chi connectivity index (χ1) is 9.75. The van der Waals surface area contributed by atoms with E-state index in [0.29, 0.717) is 11.8 Å². The van der Waals surface area contributed by atoms with Gasteiger partial charge in [0.1, 0.15) is 0 Å². The van der Waals surface area contributed by atoms with E-state index in [-0.39, 0.29) is 17.9 Å². The van der Waals surface area contributed by atoms with E-state index in [0.717, 1.165) is 19.5 Å². The minimum absolute atomic E-state index is 0.101. The molecule has 1 aliphatic heterocycles. The van der Waals surface area contributed by atoms with Crippen LogP contribution in [-0.2, 0) is 4.79 Å². The lowest BCUT2D eigenvalue weighted by Crippen LogP contribution is -2.45. The number of nitrogens with zero attached hydrogens (tertiary/aromatic N) is 1. The van der Waals surface area contributed by atoms with Gasteiger partial charge in [0.05, 0.1) is 5.92 Å². The van der Waals surface area contributed by atoms with Crippen LogP contribution in [0.4, 0.5) is 0 Å². The minimum atomic E-state index is 0.101. The molecule has 0 aromatic rings. The van der Waals surface area contributed by atoms with Gasteiger partial charge in [-0.05, 0) is 70.0 Å². The normalized spacial score (nSPS) is 37.2. The molecule has 3 rings (SSSR count). The monoisotopic (exact) mass is 279 g/mol. The number of amides is 1. The van der Waals surface area contributed by atoms with Gasteiger partial charge in [-0.25, -0.2) is 0 Å². The molecule has 4 unspecified atom stereocenters. The summed E-state index contributed by atoms with van der Waals surface area (Å²) in [6, 6.07) is 0.121. The summed E-state index contributed by atoms with van der Waals surface area (Å²) < 4.78 is 0. The van der Waals surface area contributed by atoms with Gasteiger partial charge in [-0.3, -0.25) is 4.79 Å². The Hall–Kier alpha value is -0.610. The Labute approximate surface area is 122 Å². The number of hydrogen-bond donors (Lipinski definition) is 2. The molecule has 2 aliphatic carbocycles. The van der Waals surface area contributed by atoms with Gasteiger partial charge in [-0.2, -0.15) is 0 Å². The zero-order valence-corrected chi connectivity index (χ0v) is 12.5. The summed E-state index contributed by atoms with van der Waals surface area (Å²) in [5.74, 6) is 1.51. The predicted octanol–water partition coefficient (Wildman–Crippen LogP) is 1.35. The van der Waals surface area contributed by atoms with Crippen molar-refractivity contribution < 1.29 is 4.79 Å². The average molecular weight is 279 g/mol. The molecule has 4 heteroatoms. The van der Waals surface area contributed by atoms with E-state index in [9.17, 15) is 4.79 Å². The molecule has 20 heavy (non-hydrogen) atoms. The van der Waals surface area contributed by atoms with Gasteiger partial charge >= 0.3 is 0 Å². The SMILES string of the molecule is NC1C2CCC(C2)C1C(=O)NCCCN1CCCCC1. The molecule has 3 N–H and O–H groups in total. The highest BCUT2D eigenvalue weighted by atomic mass is 16.1. The van der Waals surface area contributed by atoms with Crippen molar-refractivity contribution in [1.82, 2.24) is 10.2 Å². The van der Waals surface area contributed by atoms with Crippen molar-refractivity contribution in [3.05, 3.63) is 0 Å². The number of hydrogen-bond acceptors (Lipinski definition) is 3. The van der Waals surface area contributed by atoms with E-state index in [2.05, 4.69) is 10.2 Å². The van der Waals surface area contributed by atoms with Gasteiger partial charge in [0.2, 0.25) is 5.91 Å². The lowest BCUT2D eigenvalue weighted by molar-refractivity contribution is -0.127. The van der Waals surface area contributed by atoms with Gasteiger partial charge in [-0.15, -0.1) is 0 Å². The van der Waals surface area contributed by atoms with Gasteiger partial charge < -0.3 is 16.0 Å². The van der Waals surface area contributed by atoms with Crippen LogP contribution in [-0.4, -0.2) is 43.0 Å². The molecule has 0 radical (unpaired) electrons. The molecule has 0 spiro atoms. The van der Waals surface area contributed by atoms with Crippen LogP contribution < -0.4 is 11.1 Å². The van der Waals surface area contributed by atoms with E-state index in [1.165, 1.54) is 51.6 Å². The van der Waals surface area contributed by atoms with Crippen LogP contribution in [0, 0.1) is 17.8 Å². The molecule has 0 aromatic carbocycles. The number of carbonyl (C=O) groups excluding carboxylic acids is 1. The molecule has 3 fully saturated rings. The Morgan fingerprint density at radius 2 is 1.90 bits per heavy atom. The van der Waals surface area contributed by atoms with Crippen LogP contribution >= 0.6 is 0 Å². The molecular weight excluding hydrogens is 250 g/mol. The second-order valence-electron chi connectivity index (χ2n) is 6.98. The van der Waals surface area contributed by atoms with Crippen LogP contribution in [0.3, 0.4) is 0 Å². The third kappa shape index (κ3) is 3.01. The maximum absolute atomic E-state index is 12.3. The lowest BCUT2D eigenvalue weighted by atomic mass is 9.84. The summed E-state index contributed by atoms with van der Waals surface area (Å²) >= 11 is 0. The van der Waals surface area contributed by atoms with Crippen LogP contribution in [0.25, 0.3) is 0 Å². The standard InChI is InChI=1S/C16H29N3O/c17-15-13-6-5-12(11-13)14(15)16(20)18-7-4-10-19-8-2-1-3-9-19/h12-15H,1-11,17H2,(H,18,20). The summed E-state index contributed by atoms with van der Waals surface area (Å²) in [6.45, 7) is 4.43.